The summed E-state index contributed by atoms with van der Waals surface area (Å²) in [7, 11) is 1.84. The molecule has 2 N–H and O–H groups in total. The molecule has 7 nitrogen and oxygen atoms in total. The first kappa shape index (κ1) is 14.5. The Morgan fingerprint density at radius 2 is 2.10 bits per heavy atom. The lowest BCUT2D eigenvalue weighted by Gasteiger charge is -2.08. The van der Waals surface area contributed by atoms with Gasteiger partial charge in [0.15, 0.2) is 5.82 Å². The number of hydrogen-bond acceptors (Lipinski definition) is 6. The van der Waals surface area contributed by atoms with E-state index in [1.807, 2.05) is 7.05 Å². The number of nitrogens with one attached hydrogen (secondary N) is 2. The number of aryl methyl sites for hydroxylation is 1. The van der Waals surface area contributed by atoms with Crippen molar-refractivity contribution in [1.82, 2.24) is 24.7 Å². The van der Waals surface area contributed by atoms with Crippen LogP contribution in [0.15, 0.2) is 12.5 Å². The van der Waals surface area contributed by atoms with Crippen LogP contribution in [0.25, 0.3) is 0 Å². The molecule has 0 aliphatic heterocycles. The van der Waals surface area contributed by atoms with Crippen LogP contribution in [0, 0.1) is 0 Å². The van der Waals surface area contributed by atoms with Crippen LogP contribution in [0.3, 0.4) is 0 Å². The predicted octanol–water partition coefficient (Wildman–Crippen LogP) is 1.73. The molecule has 0 atom stereocenters. The van der Waals surface area contributed by atoms with E-state index in [4.69, 9.17) is 11.6 Å². The van der Waals surface area contributed by atoms with E-state index in [0.717, 1.165) is 18.8 Å². The monoisotopic (exact) mass is 295 g/mol. The van der Waals surface area contributed by atoms with Crippen LogP contribution in [-0.4, -0.2) is 37.8 Å². The Bertz CT molecular complexity index is 554. The van der Waals surface area contributed by atoms with Gasteiger partial charge in [0.25, 0.3) is 0 Å². The molecule has 0 aliphatic rings. The topological polar surface area (TPSA) is 80.5 Å². The summed E-state index contributed by atoms with van der Waals surface area (Å²) in [5.74, 6) is 1.99. The summed E-state index contributed by atoms with van der Waals surface area (Å²) in [6.07, 6.45) is 4.99. The van der Waals surface area contributed by atoms with Gasteiger partial charge in [-0.15, -0.1) is 0 Å². The number of anilines is 2. The molecule has 0 unspecified atom stereocenters. The Labute approximate surface area is 122 Å². The number of halogens is 1. The smallest absolute Gasteiger partial charge is 0.224 e. The summed E-state index contributed by atoms with van der Waals surface area (Å²) in [5, 5.41) is 11.0. The van der Waals surface area contributed by atoms with Crippen LogP contribution in [0.2, 0.25) is 5.02 Å². The second kappa shape index (κ2) is 7.04. The zero-order valence-corrected chi connectivity index (χ0v) is 12.4. The maximum atomic E-state index is 6.07. The van der Waals surface area contributed by atoms with Crippen molar-refractivity contribution in [2.24, 2.45) is 7.05 Å². The molecular weight excluding hydrogens is 278 g/mol. The first-order chi connectivity index (χ1) is 9.69. The van der Waals surface area contributed by atoms with Gasteiger partial charge in [-0.2, -0.15) is 10.1 Å². The minimum Gasteiger partial charge on any atom is -0.368 e. The summed E-state index contributed by atoms with van der Waals surface area (Å²) in [5.41, 5.74) is 0. The molecule has 0 amide bonds. The maximum Gasteiger partial charge on any atom is 0.224 e. The molecule has 0 aliphatic carbocycles. The van der Waals surface area contributed by atoms with Crippen molar-refractivity contribution >= 4 is 23.4 Å². The summed E-state index contributed by atoms with van der Waals surface area (Å²) < 4.78 is 1.68. The highest BCUT2D eigenvalue weighted by Gasteiger charge is 2.05. The fourth-order valence-corrected chi connectivity index (χ4v) is 1.76. The third-order valence-corrected chi connectivity index (χ3v) is 2.84. The minimum absolute atomic E-state index is 0.501. The molecule has 0 saturated carbocycles. The lowest BCUT2D eigenvalue weighted by molar-refractivity contribution is 0.741. The highest BCUT2D eigenvalue weighted by molar-refractivity contribution is 6.32. The van der Waals surface area contributed by atoms with Gasteiger partial charge in [0, 0.05) is 26.6 Å². The van der Waals surface area contributed by atoms with Gasteiger partial charge in [0.2, 0.25) is 5.95 Å². The average molecular weight is 296 g/mol. The lowest BCUT2D eigenvalue weighted by atomic mass is 10.4. The second-order valence-corrected chi connectivity index (χ2v) is 4.74. The Kier molecular flexibility index (Phi) is 5.11. The van der Waals surface area contributed by atoms with Gasteiger partial charge in [-0.3, -0.25) is 4.68 Å². The van der Waals surface area contributed by atoms with E-state index >= 15 is 0 Å². The third kappa shape index (κ3) is 4.06. The van der Waals surface area contributed by atoms with E-state index in [9.17, 15) is 0 Å². The normalized spacial score (nSPS) is 10.6. The molecule has 108 valence electrons. The molecule has 0 fully saturated rings. The van der Waals surface area contributed by atoms with Gasteiger partial charge in [-0.25, -0.2) is 9.97 Å². The molecule has 0 aromatic carbocycles. The minimum atomic E-state index is 0.501. The molecule has 0 radical (unpaired) electrons. The zero-order valence-electron chi connectivity index (χ0n) is 11.6. The van der Waals surface area contributed by atoms with Crippen LogP contribution in [0.5, 0.6) is 0 Å². The molecule has 8 heteroatoms. The molecular formula is C12H18ClN7. The van der Waals surface area contributed by atoms with Crippen LogP contribution < -0.4 is 10.6 Å². The molecule has 20 heavy (non-hydrogen) atoms. The van der Waals surface area contributed by atoms with E-state index in [1.54, 1.807) is 17.2 Å². The van der Waals surface area contributed by atoms with Gasteiger partial charge in [0.05, 0.1) is 6.20 Å². The molecule has 0 spiro atoms. The first-order valence-electron chi connectivity index (χ1n) is 6.54. The van der Waals surface area contributed by atoms with Crippen LogP contribution in [0.1, 0.15) is 19.2 Å². The van der Waals surface area contributed by atoms with E-state index in [2.05, 4.69) is 37.6 Å². The SMILES string of the molecule is CCCNc1ncc(Cl)c(NCCc2ncn(C)n2)n1. The van der Waals surface area contributed by atoms with Gasteiger partial charge in [-0.1, -0.05) is 18.5 Å². The van der Waals surface area contributed by atoms with E-state index in [-0.39, 0.29) is 0 Å². The summed E-state index contributed by atoms with van der Waals surface area (Å²) in [6.45, 7) is 3.58. The van der Waals surface area contributed by atoms with E-state index in [0.29, 0.717) is 29.8 Å². The maximum absolute atomic E-state index is 6.07. The van der Waals surface area contributed by atoms with Crippen molar-refractivity contribution in [3.05, 3.63) is 23.4 Å². The summed E-state index contributed by atoms with van der Waals surface area (Å²) in [6, 6.07) is 0. The quantitative estimate of drug-likeness (QED) is 0.810. The van der Waals surface area contributed by atoms with Crippen molar-refractivity contribution in [1.29, 1.82) is 0 Å². The number of hydrogen-bond donors (Lipinski definition) is 2. The Morgan fingerprint density at radius 1 is 1.25 bits per heavy atom. The first-order valence-corrected chi connectivity index (χ1v) is 6.91. The molecule has 2 aromatic heterocycles. The summed E-state index contributed by atoms with van der Waals surface area (Å²) >= 11 is 6.07. The van der Waals surface area contributed by atoms with Gasteiger partial charge in [0.1, 0.15) is 17.2 Å². The van der Waals surface area contributed by atoms with Crippen molar-refractivity contribution in [3.8, 4) is 0 Å². The molecule has 0 saturated heterocycles. The average Bonchev–Trinajstić information content (AvgIpc) is 2.85. The van der Waals surface area contributed by atoms with E-state index < -0.39 is 0 Å². The van der Waals surface area contributed by atoms with Crippen LogP contribution >= 0.6 is 11.6 Å². The van der Waals surface area contributed by atoms with Crippen molar-refractivity contribution in [2.75, 3.05) is 23.7 Å². The standard InChI is InChI=1S/C12H18ClN7/c1-3-5-15-12-16-7-9(13)11(18-12)14-6-4-10-17-8-20(2)19-10/h7-8H,3-6H2,1-2H3,(H2,14,15,16,18). The zero-order chi connectivity index (χ0) is 14.4. The molecule has 2 aromatic rings. The number of aromatic nitrogens is 5. The third-order valence-electron chi connectivity index (χ3n) is 2.57. The van der Waals surface area contributed by atoms with Crippen molar-refractivity contribution < 1.29 is 0 Å². The Hall–Kier alpha value is -1.89. The van der Waals surface area contributed by atoms with Crippen LogP contribution in [0.4, 0.5) is 11.8 Å². The predicted molar refractivity (Wildman–Crippen MR) is 79.0 cm³/mol. The van der Waals surface area contributed by atoms with Gasteiger partial charge >= 0.3 is 0 Å². The van der Waals surface area contributed by atoms with Crippen molar-refractivity contribution in [3.63, 3.8) is 0 Å². The summed E-state index contributed by atoms with van der Waals surface area (Å²) in [4.78, 5) is 12.6. The largest absolute Gasteiger partial charge is 0.368 e. The van der Waals surface area contributed by atoms with Gasteiger partial charge < -0.3 is 10.6 Å². The second-order valence-electron chi connectivity index (χ2n) is 4.33. The molecule has 2 rings (SSSR count). The van der Waals surface area contributed by atoms with Crippen molar-refractivity contribution in [2.45, 2.75) is 19.8 Å². The Morgan fingerprint density at radius 3 is 2.80 bits per heavy atom. The van der Waals surface area contributed by atoms with Gasteiger partial charge in [-0.05, 0) is 6.42 Å². The fraction of sp³-hybridized carbons (Fsp3) is 0.500. The lowest BCUT2D eigenvalue weighted by Crippen LogP contribution is -2.11. The fourth-order valence-electron chi connectivity index (χ4n) is 1.60. The number of rotatable bonds is 7. The highest BCUT2D eigenvalue weighted by atomic mass is 35.5. The molecule has 2 heterocycles. The van der Waals surface area contributed by atoms with Crippen LogP contribution in [-0.2, 0) is 13.5 Å². The molecule has 0 bridgehead atoms. The van der Waals surface area contributed by atoms with E-state index in [1.165, 1.54) is 0 Å². The Balaban J connectivity index is 1.90. The number of nitrogens with zero attached hydrogens (tertiary/aromatic N) is 5. The highest BCUT2D eigenvalue weighted by Crippen LogP contribution is 2.19.